The van der Waals surface area contributed by atoms with Gasteiger partial charge >= 0.3 is 0 Å². The van der Waals surface area contributed by atoms with E-state index in [4.69, 9.17) is 0 Å². The Morgan fingerprint density at radius 1 is 0.967 bits per heavy atom. The van der Waals surface area contributed by atoms with Gasteiger partial charge in [0, 0.05) is 32.2 Å². The van der Waals surface area contributed by atoms with Crippen LogP contribution in [0.5, 0.6) is 0 Å². The van der Waals surface area contributed by atoms with Crippen LogP contribution in [0.25, 0.3) is 0 Å². The SMILES string of the molecule is Cc1cccc(N(C)C(=O)CCc2ccc(S(=O)(=O)N3CCCCCC3)cc2)c1C. The van der Waals surface area contributed by atoms with Crippen LogP contribution < -0.4 is 4.90 Å². The predicted octanol–water partition coefficient (Wildman–Crippen LogP) is 4.46. The third-order valence-electron chi connectivity index (χ3n) is 6.07. The Bertz CT molecular complexity index is 976. The van der Waals surface area contributed by atoms with E-state index >= 15 is 0 Å². The van der Waals surface area contributed by atoms with Crippen LogP contribution in [0.2, 0.25) is 0 Å². The molecule has 1 saturated heterocycles. The van der Waals surface area contributed by atoms with Crippen LogP contribution >= 0.6 is 0 Å². The van der Waals surface area contributed by atoms with Gasteiger partial charge < -0.3 is 4.90 Å². The summed E-state index contributed by atoms with van der Waals surface area (Å²) in [5, 5.41) is 0. The van der Waals surface area contributed by atoms with E-state index in [1.807, 2.05) is 44.2 Å². The van der Waals surface area contributed by atoms with E-state index in [1.54, 1.807) is 28.4 Å². The molecular formula is C24H32N2O3S. The molecule has 1 amide bonds. The molecule has 5 nitrogen and oxygen atoms in total. The third-order valence-corrected chi connectivity index (χ3v) is 7.98. The van der Waals surface area contributed by atoms with E-state index in [-0.39, 0.29) is 5.91 Å². The monoisotopic (exact) mass is 428 g/mol. The second-order valence-electron chi connectivity index (χ2n) is 8.13. The zero-order chi connectivity index (χ0) is 21.7. The van der Waals surface area contributed by atoms with Crippen molar-refractivity contribution in [2.75, 3.05) is 25.0 Å². The van der Waals surface area contributed by atoms with E-state index in [9.17, 15) is 13.2 Å². The standard InChI is InChI=1S/C24H32N2O3S/c1-19-9-8-10-23(20(19)2)25(3)24(27)16-13-21-11-14-22(15-12-21)30(28,29)26-17-6-4-5-7-18-26/h8-12,14-15H,4-7,13,16-18H2,1-3H3. The van der Waals surface area contributed by atoms with Gasteiger partial charge in [-0.15, -0.1) is 0 Å². The summed E-state index contributed by atoms with van der Waals surface area (Å²) in [5.74, 6) is 0.0463. The predicted molar refractivity (Wildman–Crippen MR) is 121 cm³/mol. The summed E-state index contributed by atoms with van der Waals surface area (Å²) in [6, 6.07) is 13.0. The first-order chi connectivity index (χ1) is 14.3. The molecule has 1 fully saturated rings. The molecule has 0 spiro atoms. The highest BCUT2D eigenvalue weighted by atomic mass is 32.2. The Balaban J connectivity index is 1.63. The molecule has 0 atom stereocenters. The number of amides is 1. The quantitative estimate of drug-likeness (QED) is 0.682. The first-order valence-electron chi connectivity index (χ1n) is 10.7. The first kappa shape index (κ1) is 22.5. The molecule has 0 unspecified atom stereocenters. The van der Waals surface area contributed by atoms with Gasteiger partial charge in [0.05, 0.1) is 4.90 Å². The smallest absolute Gasteiger partial charge is 0.243 e. The number of aryl methyl sites for hydroxylation is 2. The average Bonchev–Trinajstić information content (AvgIpc) is 3.04. The largest absolute Gasteiger partial charge is 0.315 e. The van der Waals surface area contributed by atoms with E-state index in [0.717, 1.165) is 48.1 Å². The lowest BCUT2D eigenvalue weighted by atomic mass is 10.1. The van der Waals surface area contributed by atoms with Crippen LogP contribution in [0.4, 0.5) is 5.69 Å². The number of anilines is 1. The molecule has 0 aliphatic carbocycles. The van der Waals surface area contributed by atoms with Crippen molar-refractivity contribution in [3.8, 4) is 0 Å². The summed E-state index contributed by atoms with van der Waals surface area (Å²) in [4.78, 5) is 14.7. The van der Waals surface area contributed by atoms with Crippen molar-refractivity contribution in [3.63, 3.8) is 0 Å². The van der Waals surface area contributed by atoms with Gasteiger partial charge in [0.25, 0.3) is 0 Å². The molecule has 2 aromatic rings. The van der Waals surface area contributed by atoms with E-state index in [1.165, 1.54) is 0 Å². The fourth-order valence-corrected chi connectivity index (χ4v) is 5.43. The van der Waals surface area contributed by atoms with E-state index in [2.05, 4.69) is 0 Å². The number of benzene rings is 2. The molecular weight excluding hydrogens is 396 g/mol. The van der Waals surface area contributed by atoms with Gasteiger partial charge in [0.15, 0.2) is 0 Å². The Kier molecular flexibility index (Phi) is 7.32. The average molecular weight is 429 g/mol. The fraction of sp³-hybridized carbons (Fsp3) is 0.458. The molecule has 6 heteroatoms. The zero-order valence-corrected chi connectivity index (χ0v) is 19.0. The Labute approximate surface area is 180 Å². The molecule has 0 saturated carbocycles. The molecule has 30 heavy (non-hydrogen) atoms. The van der Waals surface area contributed by atoms with E-state index in [0.29, 0.717) is 30.8 Å². The van der Waals surface area contributed by atoms with Gasteiger partial charge in [-0.3, -0.25) is 4.79 Å². The highest BCUT2D eigenvalue weighted by molar-refractivity contribution is 7.89. The first-order valence-corrected chi connectivity index (χ1v) is 12.2. The number of sulfonamides is 1. The van der Waals surface area contributed by atoms with Gasteiger partial charge in [0.1, 0.15) is 0 Å². The molecule has 2 aromatic carbocycles. The van der Waals surface area contributed by atoms with Crippen LogP contribution in [0.15, 0.2) is 47.4 Å². The topological polar surface area (TPSA) is 57.7 Å². The van der Waals surface area contributed by atoms with Gasteiger partial charge in [-0.05, 0) is 68.0 Å². The van der Waals surface area contributed by atoms with Gasteiger partial charge in [0.2, 0.25) is 15.9 Å². The van der Waals surface area contributed by atoms with Crippen LogP contribution in [-0.2, 0) is 21.2 Å². The minimum atomic E-state index is -3.43. The molecule has 1 aliphatic rings. The molecule has 0 bridgehead atoms. The Morgan fingerprint density at radius 3 is 2.23 bits per heavy atom. The van der Waals surface area contributed by atoms with Gasteiger partial charge in [-0.25, -0.2) is 8.42 Å². The third kappa shape index (κ3) is 5.10. The maximum atomic E-state index is 12.9. The minimum Gasteiger partial charge on any atom is -0.315 e. The fourth-order valence-electron chi connectivity index (χ4n) is 3.91. The van der Waals surface area contributed by atoms with Crippen LogP contribution in [0, 0.1) is 13.8 Å². The maximum absolute atomic E-state index is 12.9. The van der Waals surface area contributed by atoms with Crippen molar-refractivity contribution in [2.24, 2.45) is 0 Å². The van der Waals surface area contributed by atoms with Crippen molar-refractivity contribution >= 4 is 21.6 Å². The molecule has 3 rings (SSSR count). The van der Waals surface area contributed by atoms with Gasteiger partial charge in [-0.1, -0.05) is 37.1 Å². The van der Waals surface area contributed by atoms with Crippen molar-refractivity contribution in [3.05, 3.63) is 59.2 Å². The highest BCUT2D eigenvalue weighted by Gasteiger charge is 2.25. The molecule has 1 aliphatic heterocycles. The number of rotatable bonds is 6. The lowest BCUT2D eigenvalue weighted by Gasteiger charge is -2.21. The molecule has 0 aromatic heterocycles. The summed E-state index contributed by atoms with van der Waals surface area (Å²) in [5.41, 5.74) is 4.16. The number of hydrogen-bond donors (Lipinski definition) is 0. The summed E-state index contributed by atoms with van der Waals surface area (Å²) in [6.45, 7) is 5.27. The minimum absolute atomic E-state index is 0.0463. The summed E-state index contributed by atoms with van der Waals surface area (Å²) < 4.78 is 27.4. The lowest BCUT2D eigenvalue weighted by molar-refractivity contribution is -0.118. The number of carbonyl (C=O) groups excluding carboxylic acids is 1. The maximum Gasteiger partial charge on any atom is 0.243 e. The van der Waals surface area contributed by atoms with Crippen LogP contribution in [-0.4, -0.2) is 38.8 Å². The van der Waals surface area contributed by atoms with Crippen molar-refractivity contribution < 1.29 is 13.2 Å². The summed E-state index contributed by atoms with van der Waals surface area (Å²) in [6.07, 6.45) is 4.99. The lowest BCUT2D eigenvalue weighted by Crippen LogP contribution is -2.31. The van der Waals surface area contributed by atoms with Gasteiger partial charge in [-0.2, -0.15) is 4.31 Å². The Morgan fingerprint density at radius 2 is 1.60 bits per heavy atom. The molecule has 0 N–H and O–H groups in total. The second-order valence-corrected chi connectivity index (χ2v) is 10.1. The zero-order valence-electron chi connectivity index (χ0n) is 18.2. The van der Waals surface area contributed by atoms with E-state index < -0.39 is 10.0 Å². The number of nitrogens with zero attached hydrogens (tertiary/aromatic N) is 2. The molecule has 0 radical (unpaired) electrons. The number of carbonyl (C=O) groups is 1. The van der Waals surface area contributed by atoms with Crippen LogP contribution in [0.1, 0.15) is 48.8 Å². The van der Waals surface area contributed by atoms with Crippen molar-refractivity contribution in [1.29, 1.82) is 0 Å². The molecule has 162 valence electrons. The second kappa shape index (κ2) is 9.75. The van der Waals surface area contributed by atoms with Crippen molar-refractivity contribution in [2.45, 2.75) is 57.3 Å². The number of hydrogen-bond acceptors (Lipinski definition) is 3. The summed E-state index contributed by atoms with van der Waals surface area (Å²) >= 11 is 0. The Hall–Kier alpha value is -2.18. The summed E-state index contributed by atoms with van der Waals surface area (Å²) in [7, 11) is -1.63. The highest BCUT2D eigenvalue weighted by Crippen LogP contribution is 2.23. The van der Waals surface area contributed by atoms with Crippen molar-refractivity contribution in [1.82, 2.24) is 4.31 Å². The normalized spacial score (nSPS) is 15.6. The van der Waals surface area contributed by atoms with Crippen LogP contribution in [0.3, 0.4) is 0 Å². The molecule has 1 heterocycles.